The number of rotatable bonds is 3. The van der Waals surface area contributed by atoms with Gasteiger partial charge >= 0.3 is 0 Å². The highest BCUT2D eigenvalue weighted by molar-refractivity contribution is 5.38. The molecular weight excluding hydrogens is 240 g/mol. The van der Waals surface area contributed by atoms with Gasteiger partial charge in [0.05, 0.1) is 17.3 Å². The molecular formula is C16H24O3. The van der Waals surface area contributed by atoms with E-state index >= 15 is 0 Å². The Morgan fingerprint density at radius 2 is 2.16 bits per heavy atom. The Morgan fingerprint density at radius 1 is 1.32 bits per heavy atom. The van der Waals surface area contributed by atoms with Crippen molar-refractivity contribution in [2.75, 3.05) is 13.9 Å². The fourth-order valence-electron chi connectivity index (χ4n) is 5.50. The van der Waals surface area contributed by atoms with Crippen LogP contribution in [-0.4, -0.2) is 31.2 Å². The van der Waals surface area contributed by atoms with E-state index in [1.54, 1.807) is 7.11 Å². The summed E-state index contributed by atoms with van der Waals surface area (Å²) in [5.41, 5.74) is 1.56. The Hall–Kier alpha value is -0.380. The Morgan fingerprint density at radius 3 is 3.00 bits per heavy atom. The first-order valence-corrected chi connectivity index (χ1v) is 7.72. The molecule has 0 radical (unpaired) electrons. The first-order valence-electron chi connectivity index (χ1n) is 7.72. The second-order valence-corrected chi connectivity index (χ2v) is 6.80. The van der Waals surface area contributed by atoms with E-state index in [0.29, 0.717) is 24.7 Å². The van der Waals surface area contributed by atoms with Crippen molar-refractivity contribution in [1.82, 2.24) is 0 Å². The van der Waals surface area contributed by atoms with Gasteiger partial charge in [0.25, 0.3) is 0 Å². The molecule has 2 heterocycles. The van der Waals surface area contributed by atoms with Crippen LogP contribution in [0.2, 0.25) is 0 Å². The van der Waals surface area contributed by atoms with Crippen molar-refractivity contribution in [3.05, 3.63) is 11.6 Å². The van der Waals surface area contributed by atoms with Gasteiger partial charge in [-0.3, -0.25) is 0 Å². The Bertz CT molecular complexity index is 418. The maximum Gasteiger partial charge on any atom is 0.146 e. The van der Waals surface area contributed by atoms with E-state index in [9.17, 15) is 0 Å². The van der Waals surface area contributed by atoms with Gasteiger partial charge in [-0.2, -0.15) is 0 Å². The Labute approximate surface area is 115 Å². The lowest BCUT2D eigenvalue weighted by Gasteiger charge is -2.43. The maximum atomic E-state index is 6.68. The zero-order chi connectivity index (χ0) is 13.1. The lowest BCUT2D eigenvalue weighted by Crippen LogP contribution is -2.48. The van der Waals surface area contributed by atoms with E-state index < -0.39 is 0 Å². The lowest BCUT2D eigenvalue weighted by molar-refractivity contribution is -0.139. The topological polar surface area (TPSA) is 27.7 Å². The minimum absolute atomic E-state index is 0.00811. The van der Waals surface area contributed by atoms with Gasteiger partial charge in [0.15, 0.2) is 0 Å². The molecule has 0 N–H and O–H groups in total. The van der Waals surface area contributed by atoms with Gasteiger partial charge in [0.1, 0.15) is 6.79 Å². The van der Waals surface area contributed by atoms with E-state index in [0.717, 1.165) is 0 Å². The number of fused-ring (bicyclic) bond motifs is 1. The second kappa shape index (κ2) is 4.06. The molecule has 19 heavy (non-hydrogen) atoms. The third-order valence-corrected chi connectivity index (χ3v) is 6.02. The van der Waals surface area contributed by atoms with Crippen LogP contribution >= 0.6 is 0 Å². The molecule has 2 bridgehead atoms. The molecule has 1 saturated heterocycles. The van der Waals surface area contributed by atoms with Crippen LogP contribution in [0.1, 0.15) is 45.4 Å². The van der Waals surface area contributed by atoms with Crippen LogP contribution in [-0.2, 0) is 14.2 Å². The molecule has 3 heteroatoms. The van der Waals surface area contributed by atoms with Crippen LogP contribution in [0.4, 0.5) is 0 Å². The normalized spacial score (nSPS) is 51.1. The third-order valence-electron chi connectivity index (χ3n) is 6.02. The monoisotopic (exact) mass is 264 g/mol. The highest BCUT2D eigenvalue weighted by Crippen LogP contribution is 2.66. The van der Waals surface area contributed by atoms with Crippen molar-refractivity contribution >= 4 is 0 Å². The molecule has 0 unspecified atom stereocenters. The van der Waals surface area contributed by atoms with Crippen LogP contribution in [0.25, 0.3) is 0 Å². The molecule has 0 aromatic rings. The van der Waals surface area contributed by atoms with Crippen molar-refractivity contribution in [2.45, 2.75) is 62.8 Å². The van der Waals surface area contributed by atoms with E-state index in [2.05, 4.69) is 13.0 Å². The minimum atomic E-state index is -0.00811. The molecule has 2 aliphatic heterocycles. The fraction of sp³-hybridized carbons (Fsp3) is 0.875. The Kier molecular flexibility index (Phi) is 2.64. The first kappa shape index (κ1) is 12.4. The molecule has 4 rings (SSSR count). The van der Waals surface area contributed by atoms with Crippen LogP contribution in [0.15, 0.2) is 11.6 Å². The second-order valence-electron chi connectivity index (χ2n) is 6.80. The van der Waals surface area contributed by atoms with Crippen LogP contribution in [0.5, 0.6) is 0 Å². The summed E-state index contributed by atoms with van der Waals surface area (Å²) >= 11 is 0. The molecule has 106 valence electrons. The minimum Gasteiger partial charge on any atom is -0.359 e. The zero-order valence-electron chi connectivity index (χ0n) is 12.0. The highest BCUT2D eigenvalue weighted by Gasteiger charge is 2.69. The Balaban J connectivity index is 1.70. The standard InChI is InChI=1S/C16H24O3/c1-11-9-15-7-4-6-13(18-10-17-2)14(15)12-5-3-8-16(11,12)19-15/h9,12-14H,3-8,10H2,1-2H3/t12-,13+,14-,15-,16+/m1/s1. The van der Waals surface area contributed by atoms with E-state index in [-0.39, 0.29) is 11.2 Å². The van der Waals surface area contributed by atoms with Crippen molar-refractivity contribution in [3.63, 3.8) is 0 Å². The molecule has 3 fully saturated rings. The van der Waals surface area contributed by atoms with Crippen molar-refractivity contribution in [3.8, 4) is 0 Å². The smallest absolute Gasteiger partial charge is 0.146 e. The fourth-order valence-corrected chi connectivity index (χ4v) is 5.50. The third kappa shape index (κ3) is 1.44. The summed E-state index contributed by atoms with van der Waals surface area (Å²) in [6.45, 7) is 2.70. The number of hydrogen-bond donors (Lipinski definition) is 0. The van der Waals surface area contributed by atoms with Crippen molar-refractivity contribution in [1.29, 1.82) is 0 Å². The average Bonchev–Trinajstić information content (AvgIpc) is 2.99. The predicted octanol–water partition coefficient (Wildman–Crippen LogP) is 3.04. The summed E-state index contributed by atoms with van der Waals surface area (Å²) in [4.78, 5) is 0. The van der Waals surface area contributed by atoms with Gasteiger partial charge in [-0.25, -0.2) is 0 Å². The first-order chi connectivity index (χ1) is 9.22. The molecule has 0 aromatic carbocycles. The summed E-state index contributed by atoms with van der Waals surface area (Å²) in [7, 11) is 1.71. The maximum absolute atomic E-state index is 6.68. The molecule has 2 spiro atoms. The number of hydrogen-bond acceptors (Lipinski definition) is 3. The molecule has 5 atom stereocenters. The number of ether oxygens (including phenoxy) is 3. The van der Waals surface area contributed by atoms with Gasteiger partial charge in [-0.1, -0.05) is 6.08 Å². The molecule has 3 nitrogen and oxygen atoms in total. The summed E-state index contributed by atoms with van der Waals surface area (Å²) in [5, 5.41) is 0. The average molecular weight is 264 g/mol. The van der Waals surface area contributed by atoms with E-state index in [1.807, 2.05) is 0 Å². The van der Waals surface area contributed by atoms with Gasteiger partial charge in [0.2, 0.25) is 0 Å². The molecule has 0 amide bonds. The van der Waals surface area contributed by atoms with Gasteiger partial charge in [-0.05, 0) is 51.0 Å². The predicted molar refractivity (Wildman–Crippen MR) is 71.7 cm³/mol. The van der Waals surface area contributed by atoms with Gasteiger partial charge in [-0.15, -0.1) is 0 Å². The summed E-state index contributed by atoms with van der Waals surface area (Å²) in [6.07, 6.45) is 10.2. The largest absolute Gasteiger partial charge is 0.359 e. The van der Waals surface area contributed by atoms with E-state index in [1.165, 1.54) is 44.1 Å². The zero-order valence-corrected chi connectivity index (χ0v) is 12.0. The van der Waals surface area contributed by atoms with Crippen molar-refractivity contribution < 1.29 is 14.2 Å². The van der Waals surface area contributed by atoms with Crippen LogP contribution < -0.4 is 0 Å². The SMILES string of the molecule is COCO[C@H]1CCC[C@@]23C=C(C)[C@]4(CCC[C@@H]4[C@H]12)O3. The molecule has 2 aliphatic carbocycles. The molecule has 0 aromatic heterocycles. The van der Waals surface area contributed by atoms with Crippen LogP contribution in [0.3, 0.4) is 0 Å². The van der Waals surface area contributed by atoms with Gasteiger partial charge in [0, 0.05) is 18.9 Å². The van der Waals surface area contributed by atoms with Crippen LogP contribution in [0, 0.1) is 11.8 Å². The summed E-state index contributed by atoms with van der Waals surface area (Å²) < 4.78 is 17.8. The van der Waals surface area contributed by atoms with Crippen molar-refractivity contribution in [2.24, 2.45) is 11.8 Å². The van der Waals surface area contributed by atoms with Gasteiger partial charge < -0.3 is 14.2 Å². The quantitative estimate of drug-likeness (QED) is 0.579. The molecule has 4 aliphatic rings. The molecule has 2 saturated carbocycles. The number of methoxy groups -OCH3 is 1. The lowest BCUT2D eigenvalue weighted by atomic mass is 9.62. The summed E-state index contributed by atoms with van der Waals surface area (Å²) in [5.74, 6) is 1.24. The highest BCUT2D eigenvalue weighted by atomic mass is 16.7. The summed E-state index contributed by atoms with van der Waals surface area (Å²) in [6, 6.07) is 0. The van der Waals surface area contributed by atoms with E-state index in [4.69, 9.17) is 14.2 Å².